The molecule has 0 radical (unpaired) electrons. The number of H-pyrrole nitrogens is 1. The molecule has 0 aliphatic carbocycles. The van der Waals surface area contributed by atoms with Crippen LogP contribution in [0.3, 0.4) is 0 Å². The molecule has 7 heteroatoms. The van der Waals surface area contributed by atoms with Crippen LogP contribution in [-0.4, -0.2) is 32.8 Å². The molecule has 4 aromatic rings. The standard InChI is InChI=1S/C19H14FN5O/c1-25(16-10-21-11-22-16)19-14-4-2-3-5-15(14)23-18(24-19)17(26)12-6-8-13(20)9-7-12/h2-11H,1H3,(H,21,22). The van der Waals surface area contributed by atoms with Gasteiger partial charge in [0.25, 0.3) is 0 Å². The lowest BCUT2D eigenvalue weighted by Crippen LogP contribution is -2.16. The number of nitrogens with zero attached hydrogens (tertiary/aromatic N) is 4. The number of nitrogens with one attached hydrogen (secondary N) is 1. The van der Waals surface area contributed by atoms with Crippen molar-refractivity contribution >= 4 is 28.3 Å². The third kappa shape index (κ3) is 2.79. The number of para-hydroxylation sites is 1. The van der Waals surface area contributed by atoms with E-state index in [1.807, 2.05) is 31.3 Å². The van der Waals surface area contributed by atoms with Crippen molar-refractivity contribution in [2.75, 3.05) is 11.9 Å². The van der Waals surface area contributed by atoms with Crippen molar-refractivity contribution in [2.24, 2.45) is 0 Å². The number of imidazole rings is 1. The number of hydrogen-bond acceptors (Lipinski definition) is 5. The third-order valence-corrected chi connectivity index (χ3v) is 4.06. The molecule has 0 aliphatic rings. The second-order valence-electron chi connectivity index (χ2n) is 5.72. The molecule has 0 bridgehead atoms. The first-order valence-electron chi connectivity index (χ1n) is 7.92. The third-order valence-electron chi connectivity index (χ3n) is 4.06. The number of ketones is 1. The van der Waals surface area contributed by atoms with Gasteiger partial charge in [0, 0.05) is 18.0 Å². The summed E-state index contributed by atoms with van der Waals surface area (Å²) in [5, 5.41) is 0.806. The molecule has 0 saturated heterocycles. The number of rotatable bonds is 4. The van der Waals surface area contributed by atoms with Crippen LogP contribution in [0.1, 0.15) is 16.2 Å². The topological polar surface area (TPSA) is 74.8 Å². The van der Waals surface area contributed by atoms with E-state index < -0.39 is 5.82 Å². The van der Waals surface area contributed by atoms with Crippen molar-refractivity contribution in [2.45, 2.75) is 0 Å². The van der Waals surface area contributed by atoms with Crippen molar-refractivity contribution in [1.82, 2.24) is 19.9 Å². The van der Waals surface area contributed by atoms with Gasteiger partial charge in [-0.05, 0) is 36.4 Å². The molecule has 2 heterocycles. The van der Waals surface area contributed by atoms with Crippen LogP contribution in [0.2, 0.25) is 0 Å². The molecule has 0 amide bonds. The van der Waals surface area contributed by atoms with E-state index in [1.165, 1.54) is 24.3 Å². The zero-order valence-corrected chi connectivity index (χ0v) is 13.8. The Morgan fingerprint density at radius 3 is 2.58 bits per heavy atom. The SMILES string of the molecule is CN(c1cnc[nH]1)c1nc(C(=O)c2ccc(F)cc2)nc2ccccc12. The fourth-order valence-corrected chi connectivity index (χ4v) is 2.69. The summed E-state index contributed by atoms with van der Waals surface area (Å²) in [7, 11) is 1.83. The van der Waals surface area contributed by atoms with E-state index in [2.05, 4.69) is 19.9 Å². The van der Waals surface area contributed by atoms with Gasteiger partial charge in [-0.2, -0.15) is 0 Å². The van der Waals surface area contributed by atoms with Crippen LogP contribution in [0.15, 0.2) is 61.1 Å². The number of carbonyl (C=O) groups is 1. The number of benzene rings is 2. The fourth-order valence-electron chi connectivity index (χ4n) is 2.69. The van der Waals surface area contributed by atoms with Crippen LogP contribution in [0.4, 0.5) is 16.0 Å². The van der Waals surface area contributed by atoms with Crippen molar-refractivity contribution in [3.8, 4) is 0 Å². The molecule has 0 saturated carbocycles. The molecule has 0 atom stereocenters. The predicted octanol–water partition coefficient (Wildman–Crippen LogP) is 3.49. The molecule has 0 aliphatic heterocycles. The maximum atomic E-state index is 13.1. The summed E-state index contributed by atoms with van der Waals surface area (Å²) < 4.78 is 13.1. The Labute approximate surface area is 148 Å². The summed E-state index contributed by atoms with van der Waals surface area (Å²) in [6.07, 6.45) is 3.23. The molecular weight excluding hydrogens is 333 g/mol. The van der Waals surface area contributed by atoms with Gasteiger partial charge in [0.2, 0.25) is 11.6 Å². The Balaban J connectivity index is 1.86. The van der Waals surface area contributed by atoms with E-state index in [0.717, 1.165) is 11.2 Å². The van der Waals surface area contributed by atoms with Crippen LogP contribution >= 0.6 is 0 Å². The Morgan fingerprint density at radius 2 is 1.85 bits per heavy atom. The molecule has 0 fully saturated rings. The summed E-state index contributed by atoms with van der Waals surface area (Å²) in [5.74, 6) is 0.590. The Morgan fingerprint density at radius 1 is 1.08 bits per heavy atom. The first-order valence-corrected chi connectivity index (χ1v) is 7.92. The highest BCUT2D eigenvalue weighted by molar-refractivity contribution is 6.08. The minimum atomic E-state index is -0.402. The van der Waals surface area contributed by atoms with Gasteiger partial charge in [0.1, 0.15) is 17.5 Å². The van der Waals surface area contributed by atoms with Gasteiger partial charge in [-0.3, -0.25) is 4.79 Å². The van der Waals surface area contributed by atoms with Gasteiger partial charge < -0.3 is 9.88 Å². The van der Waals surface area contributed by atoms with Crippen molar-refractivity contribution in [1.29, 1.82) is 0 Å². The average molecular weight is 347 g/mol. The second-order valence-corrected chi connectivity index (χ2v) is 5.72. The number of carbonyl (C=O) groups excluding carboxylic acids is 1. The Bertz CT molecular complexity index is 1080. The van der Waals surface area contributed by atoms with Crippen LogP contribution in [-0.2, 0) is 0 Å². The molecule has 1 N–H and O–H groups in total. The molecule has 26 heavy (non-hydrogen) atoms. The smallest absolute Gasteiger partial charge is 0.230 e. The quantitative estimate of drug-likeness (QED) is 0.572. The second kappa shape index (κ2) is 6.36. The minimum Gasteiger partial charge on any atom is -0.331 e. The summed E-state index contributed by atoms with van der Waals surface area (Å²) in [6, 6.07) is 12.8. The number of aromatic amines is 1. The van der Waals surface area contributed by atoms with Crippen LogP contribution in [0.5, 0.6) is 0 Å². The molecule has 0 spiro atoms. The molecule has 6 nitrogen and oxygen atoms in total. The minimum absolute atomic E-state index is 0.0525. The Hall–Kier alpha value is -3.61. The largest absolute Gasteiger partial charge is 0.331 e. The molecule has 0 unspecified atom stereocenters. The van der Waals surface area contributed by atoms with Gasteiger partial charge in [-0.1, -0.05) is 12.1 Å². The zero-order valence-electron chi connectivity index (χ0n) is 13.8. The van der Waals surface area contributed by atoms with Gasteiger partial charge in [-0.15, -0.1) is 0 Å². The highest BCUT2D eigenvalue weighted by atomic mass is 19.1. The monoisotopic (exact) mass is 347 g/mol. The number of fused-ring (bicyclic) bond motifs is 1. The van der Waals surface area contributed by atoms with E-state index >= 15 is 0 Å². The lowest BCUT2D eigenvalue weighted by molar-refractivity contribution is 0.103. The molecule has 4 rings (SSSR count). The van der Waals surface area contributed by atoms with E-state index in [9.17, 15) is 9.18 Å². The highest BCUT2D eigenvalue weighted by Crippen LogP contribution is 2.27. The number of halogens is 1. The first-order chi connectivity index (χ1) is 12.6. The van der Waals surface area contributed by atoms with Gasteiger partial charge in [0.05, 0.1) is 18.0 Å². The first kappa shape index (κ1) is 15.9. The number of aromatic nitrogens is 4. The lowest BCUT2D eigenvalue weighted by Gasteiger charge is -2.18. The highest BCUT2D eigenvalue weighted by Gasteiger charge is 2.19. The normalized spacial score (nSPS) is 10.8. The van der Waals surface area contributed by atoms with Crippen LogP contribution in [0.25, 0.3) is 10.9 Å². The van der Waals surface area contributed by atoms with Crippen molar-refractivity contribution in [3.05, 3.63) is 78.3 Å². The lowest BCUT2D eigenvalue weighted by atomic mass is 10.1. The molecule has 2 aromatic heterocycles. The Kier molecular flexibility index (Phi) is 3.89. The van der Waals surface area contributed by atoms with E-state index in [1.54, 1.807) is 17.4 Å². The van der Waals surface area contributed by atoms with E-state index in [0.29, 0.717) is 16.9 Å². The van der Waals surface area contributed by atoms with Gasteiger partial charge in [0.15, 0.2) is 0 Å². The maximum absolute atomic E-state index is 13.1. The van der Waals surface area contributed by atoms with Crippen molar-refractivity contribution < 1.29 is 9.18 Å². The summed E-state index contributed by atoms with van der Waals surface area (Å²) >= 11 is 0. The number of hydrogen-bond donors (Lipinski definition) is 1. The fraction of sp³-hybridized carbons (Fsp3) is 0.0526. The average Bonchev–Trinajstić information content (AvgIpc) is 3.21. The van der Waals surface area contributed by atoms with E-state index in [4.69, 9.17) is 0 Å². The zero-order chi connectivity index (χ0) is 18.1. The summed E-state index contributed by atoms with van der Waals surface area (Å²) in [5.41, 5.74) is 0.978. The van der Waals surface area contributed by atoms with Crippen LogP contribution < -0.4 is 4.90 Å². The predicted molar refractivity (Wildman–Crippen MR) is 96.0 cm³/mol. The van der Waals surface area contributed by atoms with Gasteiger partial charge in [-0.25, -0.2) is 19.3 Å². The van der Waals surface area contributed by atoms with Crippen molar-refractivity contribution in [3.63, 3.8) is 0 Å². The molecular formula is C19H14FN5O. The summed E-state index contributed by atoms with van der Waals surface area (Å²) in [6.45, 7) is 0. The van der Waals surface area contributed by atoms with Crippen LogP contribution in [0, 0.1) is 5.82 Å². The maximum Gasteiger partial charge on any atom is 0.230 e. The van der Waals surface area contributed by atoms with E-state index in [-0.39, 0.29) is 11.6 Å². The molecule has 2 aromatic carbocycles. The number of anilines is 2. The van der Waals surface area contributed by atoms with Gasteiger partial charge >= 0.3 is 0 Å². The molecule has 128 valence electrons. The summed E-state index contributed by atoms with van der Waals surface area (Å²) in [4.78, 5) is 30.5.